The van der Waals surface area contributed by atoms with E-state index in [0.29, 0.717) is 12.5 Å². The maximum absolute atomic E-state index is 11.8. The van der Waals surface area contributed by atoms with E-state index in [1.54, 1.807) is 0 Å². The van der Waals surface area contributed by atoms with E-state index in [0.717, 1.165) is 37.9 Å². The molecular formula is C12H18N4O2. The highest BCUT2D eigenvalue weighted by Crippen LogP contribution is 2.37. The van der Waals surface area contributed by atoms with Gasteiger partial charge in [0.2, 0.25) is 5.82 Å². The Hall–Kier alpha value is -1.43. The van der Waals surface area contributed by atoms with Gasteiger partial charge in [-0.1, -0.05) is 6.42 Å². The molecule has 2 unspecified atom stereocenters. The molecule has 0 radical (unpaired) electrons. The minimum atomic E-state index is -0.278. The minimum absolute atomic E-state index is 0.177. The molecule has 1 aromatic rings. The molecule has 2 saturated carbocycles. The molecule has 0 bridgehead atoms. The molecular weight excluding hydrogens is 232 g/mol. The highest BCUT2D eigenvalue weighted by molar-refractivity contribution is 5.90. The average Bonchev–Trinajstić information content (AvgIpc) is 2.95. The first-order valence-electron chi connectivity index (χ1n) is 6.62. The third-order valence-electron chi connectivity index (χ3n) is 3.81. The lowest BCUT2D eigenvalue weighted by molar-refractivity contribution is 0.0907. The molecule has 2 aliphatic carbocycles. The lowest BCUT2D eigenvalue weighted by atomic mass is 10.1. The van der Waals surface area contributed by atoms with Crippen LogP contribution in [0.1, 0.15) is 54.5 Å². The van der Waals surface area contributed by atoms with Crippen molar-refractivity contribution in [2.75, 3.05) is 6.54 Å². The SMILES string of the molecule is O=C(NCC1CCCC1O)c1n[nH]c(C2CC2)n1. The molecule has 6 nitrogen and oxygen atoms in total. The molecule has 0 spiro atoms. The van der Waals surface area contributed by atoms with Crippen molar-refractivity contribution in [3.05, 3.63) is 11.6 Å². The zero-order valence-corrected chi connectivity index (χ0v) is 10.2. The Morgan fingerprint density at radius 2 is 2.22 bits per heavy atom. The average molecular weight is 250 g/mol. The summed E-state index contributed by atoms with van der Waals surface area (Å²) in [6, 6.07) is 0. The maximum Gasteiger partial charge on any atom is 0.290 e. The van der Waals surface area contributed by atoms with Crippen LogP contribution in [0, 0.1) is 5.92 Å². The van der Waals surface area contributed by atoms with Gasteiger partial charge in [0.15, 0.2) is 0 Å². The number of amides is 1. The van der Waals surface area contributed by atoms with Gasteiger partial charge >= 0.3 is 0 Å². The number of carbonyl (C=O) groups is 1. The number of aliphatic hydroxyl groups excluding tert-OH is 1. The summed E-state index contributed by atoms with van der Waals surface area (Å²) in [5.74, 6) is 1.43. The molecule has 3 rings (SSSR count). The lowest BCUT2D eigenvalue weighted by Gasteiger charge is -2.13. The van der Waals surface area contributed by atoms with Crippen LogP contribution in [0.15, 0.2) is 0 Å². The molecule has 1 aromatic heterocycles. The first-order valence-corrected chi connectivity index (χ1v) is 6.62. The Morgan fingerprint density at radius 1 is 1.39 bits per heavy atom. The number of nitrogens with one attached hydrogen (secondary N) is 2. The first-order chi connectivity index (χ1) is 8.74. The highest BCUT2D eigenvalue weighted by Gasteiger charge is 2.29. The zero-order valence-electron chi connectivity index (χ0n) is 10.2. The third kappa shape index (κ3) is 2.38. The largest absolute Gasteiger partial charge is 0.393 e. The molecule has 2 aliphatic rings. The molecule has 2 fully saturated rings. The van der Waals surface area contributed by atoms with Crippen molar-refractivity contribution in [3.8, 4) is 0 Å². The van der Waals surface area contributed by atoms with Crippen LogP contribution in [-0.4, -0.2) is 38.8 Å². The lowest BCUT2D eigenvalue weighted by Crippen LogP contribution is -2.33. The van der Waals surface area contributed by atoms with E-state index in [2.05, 4.69) is 20.5 Å². The fraction of sp³-hybridized carbons (Fsp3) is 0.750. The second kappa shape index (κ2) is 4.68. The number of aliphatic hydroxyl groups is 1. The van der Waals surface area contributed by atoms with Crippen molar-refractivity contribution in [3.63, 3.8) is 0 Å². The Balaban J connectivity index is 1.53. The van der Waals surface area contributed by atoms with E-state index < -0.39 is 0 Å². The van der Waals surface area contributed by atoms with Crippen molar-refractivity contribution < 1.29 is 9.90 Å². The summed E-state index contributed by atoms with van der Waals surface area (Å²) in [4.78, 5) is 16.0. The van der Waals surface area contributed by atoms with Crippen LogP contribution in [-0.2, 0) is 0 Å². The number of hydrogen-bond donors (Lipinski definition) is 3. The fourth-order valence-corrected chi connectivity index (χ4v) is 2.47. The maximum atomic E-state index is 11.8. The van der Waals surface area contributed by atoms with Gasteiger partial charge in [-0.2, -0.15) is 0 Å². The van der Waals surface area contributed by atoms with Gasteiger partial charge in [-0.3, -0.25) is 9.89 Å². The van der Waals surface area contributed by atoms with Crippen LogP contribution in [0.2, 0.25) is 0 Å². The van der Waals surface area contributed by atoms with Gasteiger partial charge in [-0.05, 0) is 25.7 Å². The molecule has 2 atom stereocenters. The summed E-state index contributed by atoms with van der Waals surface area (Å²) in [7, 11) is 0. The molecule has 3 N–H and O–H groups in total. The van der Waals surface area contributed by atoms with Crippen LogP contribution in [0.4, 0.5) is 0 Å². The number of H-pyrrole nitrogens is 1. The summed E-state index contributed by atoms with van der Waals surface area (Å²) in [5.41, 5.74) is 0. The quantitative estimate of drug-likeness (QED) is 0.728. The number of hydrogen-bond acceptors (Lipinski definition) is 4. The fourth-order valence-electron chi connectivity index (χ4n) is 2.47. The van der Waals surface area contributed by atoms with Gasteiger partial charge < -0.3 is 10.4 Å². The predicted molar refractivity (Wildman–Crippen MR) is 64.0 cm³/mol. The van der Waals surface area contributed by atoms with E-state index >= 15 is 0 Å². The van der Waals surface area contributed by atoms with E-state index in [1.165, 1.54) is 0 Å². The van der Waals surface area contributed by atoms with E-state index in [9.17, 15) is 9.90 Å². The van der Waals surface area contributed by atoms with Crippen molar-refractivity contribution in [1.29, 1.82) is 0 Å². The van der Waals surface area contributed by atoms with Crippen LogP contribution in [0.25, 0.3) is 0 Å². The summed E-state index contributed by atoms with van der Waals surface area (Å²) in [6.07, 6.45) is 4.83. The van der Waals surface area contributed by atoms with E-state index in [-0.39, 0.29) is 23.8 Å². The second-order valence-electron chi connectivity index (χ2n) is 5.29. The highest BCUT2D eigenvalue weighted by atomic mass is 16.3. The summed E-state index contributed by atoms with van der Waals surface area (Å²) in [6.45, 7) is 0.507. The van der Waals surface area contributed by atoms with Gasteiger partial charge in [0.05, 0.1) is 6.10 Å². The van der Waals surface area contributed by atoms with E-state index in [4.69, 9.17) is 0 Å². The molecule has 6 heteroatoms. The third-order valence-corrected chi connectivity index (χ3v) is 3.81. The molecule has 0 aliphatic heterocycles. The zero-order chi connectivity index (χ0) is 12.5. The summed E-state index contributed by atoms with van der Waals surface area (Å²) >= 11 is 0. The van der Waals surface area contributed by atoms with Gasteiger partial charge in [0, 0.05) is 18.4 Å². The number of carbonyl (C=O) groups excluding carboxylic acids is 1. The van der Waals surface area contributed by atoms with Crippen molar-refractivity contribution in [1.82, 2.24) is 20.5 Å². The Morgan fingerprint density at radius 3 is 2.89 bits per heavy atom. The van der Waals surface area contributed by atoms with Crippen molar-refractivity contribution in [2.45, 2.75) is 44.1 Å². The first kappa shape index (κ1) is 11.6. The van der Waals surface area contributed by atoms with Crippen molar-refractivity contribution in [2.24, 2.45) is 5.92 Å². The number of rotatable bonds is 4. The number of aromatic nitrogens is 3. The molecule has 1 heterocycles. The van der Waals surface area contributed by atoms with Gasteiger partial charge in [0.25, 0.3) is 5.91 Å². The monoisotopic (exact) mass is 250 g/mol. The van der Waals surface area contributed by atoms with Crippen LogP contribution in [0.5, 0.6) is 0 Å². The smallest absolute Gasteiger partial charge is 0.290 e. The van der Waals surface area contributed by atoms with E-state index in [1.807, 2.05) is 0 Å². The summed E-state index contributed by atoms with van der Waals surface area (Å²) in [5, 5.41) is 19.2. The Bertz CT molecular complexity index is 441. The van der Waals surface area contributed by atoms with Crippen LogP contribution >= 0.6 is 0 Å². The van der Waals surface area contributed by atoms with Gasteiger partial charge in [-0.15, -0.1) is 5.10 Å². The van der Waals surface area contributed by atoms with Gasteiger partial charge in [0.1, 0.15) is 5.82 Å². The Labute approximate surface area is 105 Å². The second-order valence-corrected chi connectivity index (χ2v) is 5.29. The van der Waals surface area contributed by atoms with Gasteiger partial charge in [-0.25, -0.2) is 4.98 Å². The topological polar surface area (TPSA) is 90.9 Å². The molecule has 18 heavy (non-hydrogen) atoms. The standard InChI is InChI=1S/C12H18N4O2/c17-9-3-1-2-8(9)6-13-12(18)11-14-10(15-16-11)7-4-5-7/h7-9,17H,1-6H2,(H,13,18)(H,14,15,16). The minimum Gasteiger partial charge on any atom is -0.393 e. The number of nitrogens with zero attached hydrogens (tertiary/aromatic N) is 2. The Kier molecular flexibility index (Phi) is 3.03. The van der Waals surface area contributed by atoms with Crippen molar-refractivity contribution >= 4 is 5.91 Å². The normalized spacial score (nSPS) is 27.4. The molecule has 0 aromatic carbocycles. The summed E-state index contributed by atoms with van der Waals surface area (Å²) < 4.78 is 0. The molecule has 0 saturated heterocycles. The predicted octanol–water partition coefficient (Wildman–Crippen LogP) is 0.573. The number of aromatic amines is 1. The molecule has 1 amide bonds. The van der Waals surface area contributed by atoms with Crippen LogP contribution < -0.4 is 5.32 Å². The van der Waals surface area contributed by atoms with Crippen LogP contribution in [0.3, 0.4) is 0 Å². The molecule has 98 valence electrons.